The van der Waals surface area contributed by atoms with Gasteiger partial charge in [0, 0.05) is 17.1 Å². The highest BCUT2D eigenvalue weighted by atomic mass is 35.5. The van der Waals surface area contributed by atoms with Gasteiger partial charge < -0.3 is 10.3 Å². The number of nitrogens with zero attached hydrogens (tertiary/aromatic N) is 1. The molecule has 0 atom stereocenters. The molecule has 0 saturated heterocycles. The number of amides is 1. The van der Waals surface area contributed by atoms with E-state index in [0.29, 0.717) is 21.6 Å². The number of aromatic nitrogens is 2. The van der Waals surface area contributed by atoms with Crippen LogP contribution in [0.3, 0.4) is 0 Å². The first-order chi connectivity index (χ1) is 10.6. The molecule has 3 rings (SSSR count). The summed E-state index contributed by atoms with van der Waals surface area (Å²) >= 11 is 8.86. The highest BCUT2D eigenvalue weighted by Gasteiger charge is 2.18. The molecule has 22 heavy (non-hydrogen) atoms. The second kappa shape index (κ2) is 6.76. The Morgan fingerprint density at radius 3 is 3.05 bits per heavy atom. The summed E-state index contributed by atoms with van der Waals surface area (Å²) in [5.74, 6) is 1.41. The van der Waals surface area contributed by atoms with Gasteiger partial charge in [-0.2, -0.15) is 11.8 Å². The Bertz CT molecular complexity index is 779. The fraction of sp³-hybridized carbons (Fsp3) is 0.214. The molecule has 1 amide bonds. The minimum absolute atomic E-state index is 0.107. The molecule has 0 aliphatic carbocycles. The molecule has 0 unspecified atom stereocenters. The molecule has 8 heteroatoms. The number of H-pyrrole nitrogens is 1. The number of hydrogen-bond donors (Lipinski definition) is 2. The van der Waals surface area contributed by atoms with Gasteiger partial charge in [0.15, 0.2) is 5.16 Å². The molecular weight excluding hydrogens is 342 g/mol. The number of hydrogen-bond acceptors (Lipinski definition) is 5. The summed E-state index contributed by atoms with van der Waals surface area (Å²) in [5.41, 5.74) is 2.03. The third-order valence-corrected chi connectivity index (χ3v) is 5.23. The van der Waals surface area contributed by atoms with Crippen LogP contribution in [0.25, 0.3) is 0 Å². The van der Waals surface area contributed by atoms with E-state index in [0.717, 1.165) is 17.0 Å². The van der Waals surface area contributed by atoms with Gasteiger partial charge in [0.1, 0.15) is 0 Å². The monoisotopic (exact) mass is 353 g/mol. The van der Waals surface area contributed by atoms with E-state index in [-0.39, 0.29) is 17.2 Å². The van der Waals surface area contributed by atoms with Crippen LogP contribution in [-0.4, -0.2) is 21.6 Å². The number of fused-ring (bicyclic) bond motifs is 1. The van der Waals surface area contributed by atoms with E-state index in [4.69, 9.17) is 11.6 Å². The smallest absolute Gasteiger partial charge is 0.255 e. The summed E-state index contributed by atoms with van der Waals surface area (Å²) in [6, 6.07) is 7.04. The van der Waals surface area contributed by atoms with Crippen molar-refractivity contribution in [1.82, 2.24) is 9.97 Å². The maximum absolute atomic E-state index is 11.9. The van der Waals surface area contributed by atoms with Gasteiger partial charge in [0.05, 0.1) is 22.2 Å². The Hall–Kier alpha value is -1.44. The van der Waals surface area contributed by atoms with Gasteiger partial charge in [-0.25, -0.2) is 4.98 Å². The van der Waals surface area contributed by atoms with E-state index < -0.39 is 0 Å². The number of nitrogens with one attached hydrogen (secondary N) is 2. The largest absolute Gasteiger partial charge is 0.324 e. The number of para-hydroxylation sites is 1. The van der Waals surface area contributed by atoms with E-state index in [9.17, 15) is 9.59 Å². The number of benzene rings is 1. The molecule has 0 fully saturated rings. The van der Waals surface area contributed by atoms with E-state index in [1.54, 1.807) is 36.0 Å². The summed E-state index contributed by atoms with van der Waals surface area (Å²) in [6.45, 7) is 0. The second-order valence-corrected chi connectivity index (χ2v) is 6.96. The maximum atomic E-state index is 11.9. The summed E-state index contributed by atoms with van der Waals surface area (Å²) in [4.78, 5) is 30.9. The molecule has 2 aromatic rings. The van der Waals surface area contributed by atoms with Gasteiger partial charge in [-0.15, -0.1) is 0 Å². The van der Waals surface area contributed by atoms with Crippen LogP contribution in [0.15, 0.2) is 34.2 Å². The zero-order chi connectivity index (χ0) is 15.5. The van der Waals surface area contributed by atoms with Crippen LogP contribution >= 0.6 is 35.1 Å². The third-order valence-electron chi connectivity index (χ3n) is 3.05. The van der Waals surface area contributed by atoms with Gasteiger partial charge >= 0.3 is 0 Å². The predicted molar refractivity (Wildman–Crippen MR) is 90.7 cm³/mol. The summed E-state index contributed by atoms with van der Waals surface area (Å²) < 4.78 is 0. The van der Waals surface area contributed by atoms with Crippen LogP contribution in [-0.2, 0) is 16.3 Å². The van der Waals surface area contributed by atoms with Crippen LogP contribution in [0.1, 0.15) is 11.3 Å². The molecule has 1 aromatic heterocycles. The Kier molecular flexibility index (Phi) is 4.75. The van der Waals surface area contributed by atoms with Gasteiger partial charge in [-0.05, 0) is 12.1 Å². The minimum atomic E-state index is -0.198. The van der Waals surface area contributed by atoms with Crippen molar-refractivity contribution in [1.29, 1.82) is 0 Å². The summed E-state index contributed by atoms with van der Waals surface area (Å²) in [6.07, 6.45) is 0. The SMILES string of the molecule is O=C(CSc1nc2c(c(=O)[nH]1)CSC2)Nc1ccccc1Cl. The first-order valence-corrected chi connectivity index (χ1v) is 9.02. The summed E-state index contributed by atoms with van der Waals surface area (Å²) in [5, 5.41) is 3.69. The van der Waals surface area contributed by atoms with Crippen molar-refractivity contribution in [3.05, 3.63) is 50.9 Å². The lowest BCUT2D eigenvalue weighted by atomic mass is 10.3. The van der Waals surface area contributed by atoms with Crippen molar-refractivity contribution in [3.8, 4) is 0 Å². The van der Waals surface area contributed by atoms with E-state index in [1.807, 2.05) is 0 Å². The lowest BCUT2D eigenvalue weighted by Gasteiger charge is -2.07. The Balaban J connectivity index is 1.63. The van der Waals surface area contributed by atoms with Crippen molar-refractivity contribution >= 4 is 46.7 Å². The molecule has 0 radical (unpaired) electrons. The zero-order valence-corrected chi connectivity index (χ0v) is 13.8. The average molecular weight is 354 g/mol. The van der Waals surface area contributed by atoms with E-state index >= 15 is 0 Å². The fourth-order valence-corrected chi connectivity index (χ4v) is 3.89. The van der Waals surface area contributed by atoms with Gasteiger partial charge in [0.25, 0.3) is 5.56 Å². The lowest BCUT2D eigenvalue weighted by molar-refractivity contribution is -0.113. The number of anilines is 1. The molecule has 0 spiro atoms. The maximum Gasteiger partial charge on any atom is 0.255 e. The van der Waals surface area contributed by atoms with Crippen molar-refractivity contribution in [2.24, 2.45) is 0 Å². The van der Waals surface area contributed by atoms with Crippen molar-refractivity contribution in [2.45, 2.75) is 16.7 Å². The summed E-state index contributed by atoms with van der Waals surface area (Å²) in [7, 11) is 0. The van der Waals surface area contributed by atoms with Crippen molar-refractivity contribution in [3.63, 3.8) is 0 Å². The van der Waals surface area contributed by atoms with Crippen molar-refractivity contribution < 1.29 is 4.79 Å². The molecule has 2 heterocycles. The Morgan fingerprint density at radius 2 is 2.23 bits per heavy atom. The van der Waals surface area contributed by atoms with Crippen LogP contribution in [0.5, 0.6) is 0 Å². The Labute approximate surface area is 140 Å². The first kappa shape index (κ1) is 15.5. The Morgan fingerprint density at radius 1 is 1.41 bits per heavy atom. The average Bonchev–Trinajstić information content (AvgIpc) is 2.97. The molecule has 2 N–H and O–H groups in total. The number of carbonyl (C=O) groups excluding carboxylic acids is 1. The highest BCUT2D eigenvalue weighted by molar-refractivity contribution is 7.99. The third kappa shape index (κ3) is 3.48. The molecule has 0 bridgehead atoms. The van der Waals surface area contributed by atoms with Crippen LogP contribution in [0, 0.1) is 0 Å². The molecule has 0 saturated carbocycles. The lowest BCUT2D eigenvalue weighted by Crippen LogP contribution is -2.17. The topological polar surface area (TPSA) is 74.8 Å². The van der Waals surface area contributed by atoms with Gasteiger partial charge in [0.2, 0.25) is 5.91 Å². The molecule has 1 aromatic carbocycles. The standard InChI is InChI=1S/C14H12ClN3O2S2/c15-9-3-1-2-4-10(9)16-12(19)7-22-14-17-11-6-21-5-8(11)13(20)18-14/h1-4H,5-7H2,(H,16,19)(H,17,18,20). The quantitative estimate of drug-likeness (QED) is 0.653. The normalized spacial score (nSPS) is 13.0. The highest BCUT2D eigenvalue weighted by Crippen LogP contribution is 2.27. The predicted octanol–water partition coefficient (Wildman–Crippen LogP) is 2.90. The van der Waals surface area contributed by atoms with E-state index in [2.05, 4.69) is 15.3 Å². The number of aromatic amines is 1. The number of rotatable bonds is 4. The zero-order valence-electron chi connectivity index (χ0n) is 11.4. The first-order valence-electron chi connectivity index (χ1n) is 6.50. The molecular formula is C14H12ClN3O2S2. The number of thioether (sulfide) groups is 2. The van der Waals surface area contributed by atoms with Crippen LogP contribution < -0.4 is 10.9 Å². The number of carbonyl (C=O) groups is 1. The van der Waals surface area contributed by atoms with Crippen LogP contribution in [0.4, 0.5) is 5.69 Å². The fourth-order valence-electron chi connectivity index (χ4n) is 1.99. The van der Waals surface area contributed by atoms with Gasteiger partial charge in [-0.3, -0.25) is 9.59 Å². The van der Waals surface area contributed by atoms with E-state index in [1.165, 1.54) is 11.8 Å². The molecule has 5 nitrogen and oxygen atoms in total. The van der Waals surface area contributed by atoms with Crippen molar-refractivity contribution in [2.75, 3.05) is 11.1 Å². The number of halogens is 1. The minimum Gasteiger partial charge on any atom is -0.324 e. The molecule has 1 aliphatic rings. The van der Waals surface area contributed by atoms with Crippen LogP contribution in [0.2, 0.25) is 5.02 Å². The second-order valence-electron chi connectivity index (χ2n) is 4.61. The van der Waals surface area contributed by atoms with Gasteiger partial charge in [-0.1, -0.05) is 35.5 Å². The molecule has 1 aliphatic heterocycles. The molecule has 114 valence electrons.